The molecule has 51 heavy (non-hydrogen) atoms. The van der Waals surface area contributed by atoms with Crippen LogP contribution in [0.1, 0.15) is 75.5 Å². The zero-order valence-corrected chi connectivity index (χ0v) is 28.6. The molecule has 6 heterocycles. The van der Waals surface area contributed by atoms with Crippen LogP contribution in [0.5, 0.6) is 5.75 Å². The molecule has 2 aliphatic heterocycles. The number of carbonyl (C=O) groups is 1. The van der Waals surface area contributed by atoms with Crippen molar-refractivity contribution in [3.63, 3.8) is 0 Å². The number of anilines is 1. The van der Waals surface area contributed by atoms with Gasteiger partial charge >= 0.3 is 5.76 Å². The largest absolute Gasteiger partial charge is 0.493 e. The molecule has 1 saturated heterocycles. The highest BCUT2D eigenvalue weighted by Crippen LogP contribution is 2.51. The molecule has 1 amide bonds. The normalized spacial score (nSPS) is 17.6. The monoisotopic (exact) mass is 706 g/mol. The summed E-state index contributed by atoms with van der Waals surface area (Å²) in [5.41, 5.74) is 6.51. The lowest BCUT2D eigenvalue weighted by atomic mass is 9.93. The Morgan fingerprint density at radius 1 is 1.04 bits per heavy atom. The van der Waals surface area contributed by atoms with Gasteiger partial charge in [-0.25, -0.2) is 23.7 Å². The second-order valence-electron chi connectivity index (χ2n) is 13.3. The van der Waals surface area contributed by atoms with Crippen LogP contribution >= 0.6 is 11.3 Å². The van der Waals surface area contributed by atoms with Gasteiger partial charge in [0.2, 0.25) is 0 Å². The maximum atomic E-state index is 14.5. The summed E-state index contributed by atoms with van der Waals surface area (Å²) in [4.78, 5) is 39.3. The molecule has 2 N–H and O–H groups in total. The van der Waals surface area contributed by atoms with E-state index in [9.17, 15) is 18.4 Å². The van der Waals surface area contributed by atoms with Crippen molar-refractivity contribution in [2.75, 3.05) is 19.0 Å². The molecule has 0 radical (unpaired) electrons. The van der Waals surface area contributed by atoms with E-state index in [1.54, 1.807) is 18.2 Å². The quantitative estimate of drug-likeness (QED) is 0.167. The lowest BCUT2D eigenvalue weighted by Gasteiger charge is -2.17. The Hall–Kier alpha value is -5.43. The van der Waals surface area contributed by atoms with E-state index >= 15 is 0 Å². The molecule has 0 spiro atoms. The Morgan fingerprint density at radius 2 is 1.88 bits per heavy atom. The van der Waals surface area contributed by atoms with Crippen molar-refractivity contribution in [1.29, 1.82) is 0 Å². The third-order valence-electron chi connectivity index (χ3n) is 10.3. The van der Waals surface area contributed by atoms with Gasteiger partial charge in [0.25, 0.3) is 11.8 Å². The number of halogens is 2. The highest BCUT2D eigenvalue weighted by atomic mass is 32.1. The predicted molar refractivity (Wildman–Crippen MR) is 188 cm³/mol. The number of nitrogens with one attached hydrogen (secondary N) is 2. The average Bonchev–Trinajstić information content (AvgIpc) is 3.96. The fourth-order valence-electron chi connectivity index (χ4n) is 8.04. The van der Waals surface area contributed by atoms with E-state index in [4.69, 9.17) is 19.1 Å². The maximum Gasteiger partial charge on any atom is 0.434 e. The van der Waals surface area contributed by atoms with Gasteiger partial charge in [-0.3, -0.25) is 9.78 Å². The van der Waals surface area contributed by atoms with E-state index in [1.807, 2.05) is 24.0 Å². The lowest BCUT2D eigenvalue weighted by Crippen LogP contribution is -2.22. The standard InChI is InChI=1S/C38H32F2N6O4S/c1-18-16-20-17-28(51-34(20)35(41-18)43-25-14-11-23-22(25)10-12-24(40)33(23)49-2)30-29(36-44-45-38(48)50-36)26(13-7-19-5-8-21(39)9-6-19)42-32-27-4-3-15-46(27)37(47)31(30)32/h5-6,8-10,12,16-17,25,27H,3-4,7,11,13-15H2,1-2H3,(H,41,43)(H,45,48)/t25-,27?/m0/s1. The average molecular weight is 707 g/mol. The Bertz CT molecular complexity index is 2440. The fraction of sp³-hybridized carbons (Fsp3) is 0.289. The number of rotatable bonds is 8. The number of hydrogen-bond donors (Lipinski definition) is 2. The summed E-state index contributed by atoms with van der Waals surface area (Å²) in [7, 11) is 1.49. The number of pyridine rings is 2. The van der Waals surface area contributed by atoms with Gasteiger partial charge in [0.1, 0.15) is 11.6 Å². The number of ether oxygens (including phenoxy) is 1. The molecular weight excluding hydrogens is 675 g/mol. The van der Waals surface area contributed by atoms with Gasteiger partial charge in [-0.05, 0) is 92.3 Å². The van der Waals surface area contributed by atoms with Crippen molar-refractivity contribution < 1.29 is 22.7 Å². The number of aromatic nitrogens is 4. The molecule has 1 aliphatic carbocycles. The zero-order chi connectivity index (χ0) is 35.0. The molecule has 0 bridgehead atoms. The second kappa shape index (κ2) is 12.1. The number of amides is 1. The van der Waals surface area contributed by atoms with Crippen molar-refractivity contribution in [3.05, 3.63) is 110 Å². The summed E-state index contributed by atoms with van der Waals surface area (Å²) in [6.45, 7) is 2.57. The molecular formula is C38H32F2N6O4S. The van der Waals surface area contributed by atoms with Crippen molar-refractivity contribution in [3.8, 4) is 27.6 Å². The first kappa shape index (κ1) is 31.5. The van der Waals surface area contributed by atoms with Gasteiger partial charge in [-0.15, -0.1) is 16.4 Å². The van der Waals surface area contributed by atoms with Crippen molar-refractivity contribution in [1.82, 2.24) is 25.1 Å². The van der Waals surface area contributed by atoms with Crippen LogP contribution in [0.4, 0.5) is 14.6 Å². The summed E-state index contributed by atoms with van der Waals surface area (Å²) in [6.07, 6.45) is 4.08. The van der Waals surface area contributed by atoms with Gasteiger partial charge in [-0.2, -0.15) is 0 Å². The van der Waals surface area contributed by atoms with Gasteiger partial charge in [0, 0.05) is 28.2 Å². The molecule has 1 unspecified atom stereocenters. The van der Waals surface area contributed by atoms with E-state index in [2.05, 4.69) is 15.5 Å². The first-order valence-corrected chi connectivity index (χ1v) is 17.8. The van der Waals surface area contributed by atoms with Crippen LogP contribution < -0.4 is 15.8 Å². The van der Waals surface area contributed by atoms with Gasteiger partial charge in [0.05, 0.1) is 46.4 Å². The van der Waals surface area contributed by atoms with Crippen LogP contribution in [0.2, 0.25) is 0 Å². The van der Waals surface area contributed by atoms with E-state index in [-0.39, 0.29) is 41.3 Å². The number of aromatic amines is 1. The summed E-state index contributed by atoms with van der Waals surface area (Å²) in [5, 5.41) is 11.2. The van der Waals surface area contributed by atoms with Crippen molar-refractivity contribution in [2.24, 2.45) is 0 Å². The molecule has 2 atom stereocenters. The van der Waals surface area contributed by atoms with E-state index in [0.29, 0.717) is 54.0 Å². The summed E-state index contributed by atoms with van der Waals surface area (Å²) < 4.78 is 40.1. The molecule has 13 heteroatoms. The first-order valence-electron chi connectivity index (χ1n) is 17.0. The van der Waals surface area contributed by atoms with Crippen LogP contribution in [0.3, 0.4) is 0 Å². The highest BCUT2D eigenvalue weighted by Gasteiger charge is 2.45. The summed E-state index contributed by atoms with van der Waals surface area (Å²) >= 11 is 1.49. The molecule has 9 rings (SSSR count). The smallest absolute Gasteiger partial charge is 0.434 e. The molecule has 0 saturated carbocycles. The van der Waals surface area contributed by atoms with Crippen LogP contribution in [0, 0.1) is 18.6 Å². The van der Waals surface area contributed by atoms with E-state index in [1.165, 1.54) is 36.6 Å². The van der Waals surface area contributed by atoms with Crippen LogP contribution in [0.15, 0.2) is 57.7 Å². The SMILES string of the molecule is COc1c(F)ccc2c1CC[C@@H]2Nc1nc(C)cc2cc(-c3c4c(nc(CCc5ccc(F)cc5)c3-c3n[nH]c(=O)o3)C3CCCN3C4=O)sc12. The Kier molecular flexibility index (Phi) is 7.49. The Balaban J connectivity index is 1.21. The third-order valence-corrected chi connectivity index (χ3v) is 11.4. The van der Waals surface area contributed by atoms with Crippen LogP contribution in [-0.4, -0.2) is 44.6 Å². The lowest BCUT2D eigenvalue weighted by molar-refractivity contribution is 0.0776. The summed E-state index contributed by atoms with van der Waals surface area (Å²) in [6, 6.07) is 13.4. The second-order valence-corrected chi connectivity index (χ2v) is 14.3. The molecule has 258 valence electrons. The number of benzene rings is 2. The zero-order valence-electron chi connectivity index (χ0n) is 27.8. The molecule has 3 aliphatic rings. The van der Waals surface area contributed by atoms with Gasteiger partial charge in [-0.1, -0.05) is 18.2 Å². The minimum atomic E-state index is -0.719. The number of thiophene rings is 1. The number of aryl methyl sites for hydroxylation is 3. The van der Waals surface area contributed by atoms with Crippen molar-refractivity contribution >= 4 is 33.1 Å². The van der Waals surface area contributed by atoms with Gasteiger partial charge < -0.3 is 19.4 Å². The first-order chi connectivity index (χ1) is 24.8. The Morgan fingerprint density at radius 3 is 2.67 bits per heavy atom. The van der Waals surface area contributed by atoms with E-state index < -0.39 is 5.76 Å². The molecule has 10 nitrogen and oxygen atoms in total. The molecule has 2 aromatic carbocycles. The summed E-state index contributed by atoms with van der Waals surface area (Å²) in [5.74, 6) is -0.502. The van der Waals surface area contributed by atoms with Crippen LogP contribution in [0.25, 0.3) is 32.0 Å². The maximum absolute atomic E-state index is 14.5. The fourth-order valence-corrected chi connectivity index (χ4v) is 9.19. The number of fused-ring (bicyclic) bond motifs is 5. The number of methoxy groups -OCH3 is 1. The number of carbonyl (C=O) groups excluding carboxylic acids is 1. The molecule has 6 aromatic rings. The number of hydrogen-bond acceptors (Lipinski definition) is 9. The highest BCUT2D eigenvalue weighted by molar-refractivity contribution is 7.23. The van der Waals surface area contributed by atoms with Crippen LogP contribution in [-0.2, 0) is 19.3 Å². The molecule has 1 fully saturated rings. The number of H-pyrrole nitrogens is 1. The predicted octanol–water partition coefficient (Wildman–Crippen LogP) is 7.47. The molecule has 4 aromatic heterocycles. The van der Waals surface area contributed by atoms with Gasteiger partial charge in [0.15, 0.2) is 11.6 Å². The topological polar surface area (TPSA) is 126 Å². The minimum Gasteiger partial charge on any atom is -0.493 e. The minimum absolute atomic E-state index is 0.0492. The Labute approximate surface area is 294 Å². The number of nitrogens with zero attached hydrogens (tertiary/aromatic N) is 4. The van der Waals surface area contributed by atoms with Crippen molar-refractivity contribution in [2.45, 2.75) is 57.5 Å². The van der Waals surface area contributed by atoms with E-state index in [0.717, 1.165) is 62.3 Å². The third kappa shape index (κ3) is 5.21.